The van der Waals surface area contributed by atoms with Gasteiger partial charge in [0.1, 0.15) is 0 Å². The van der Waals surface area contributed by atoms with Crippen LogP contribution in [0.25, 0.3) is 0 Å². The molecule has 0 bridgehead atoms. The summed E-state index contributed by atoms with van der Waals surface area (Å²) in [5, 5.41) is 7.56. The Bertz CT molecular complexity index is 613. The topological polar surface area (TPSA) is 24.1 Å². The van der Waals surface area contributed by atoms with Crippen molar-refractivity contribution < 1.29 is 0 Å². The fourth-order valence-corrected chi connectivity index (χ4v) is 2.24. The highest BCUT2D eigenvalue weighted by Gasteiger charge is 2.12. The molecule has 0 amide bonds. The Kier molecular flexibility index (Phi) is 4.86. The van der Waals surface area contributed by atoms with Crippen molar-refractivity contribution in [1.82, 2.24) is 0 Å². The van der Waals surface area contributed by atoms with Crippen LogP contribution in [0.2, 0.25) is 5.02 Å². The van der Waals surface area contributed by atoms with Crippen LogP contribution in [0.1, 0.15) is 26.3 Å². The standard InChI is InChI=1S/C17H19ClN2S/c1-17(2,3)12-4-8-14(9-5-12)19-16(21)20-15-10-6-13(18)7-11-15/h4-11H,1-3H3,(H2,19,20,21). The molecule has 0 saturated heterocycles. The largest absolute Gasteiger partial charge is 0.332 e. The summed E-state index contributed by atoms with van der Waals surface area (Å²) in [4.78, 5) is 0. The summed E-state index contributed by atoms with van der Waals surface area (Å²) in [6.45, 7) is 6.59. The minimum absolute atomic E-state index is 0.153. The first kappa shape index (κ1) is 15.8. The first-order chi connectivity index (χ1) is 9.84. The van der Waals surface area contributed by atoms with Crippen molar-refractivity contribution in [3.8, 4) is 0 Å². The number of hydrogen-bond donors (Lipinski definition) is 2. The van der Waals surface area contributed by atoms with Crippen molar-refractivity contribution in [3.05, 3.63) is 59.1 Å². The fourth-order valence-electron chi connectivity index (χ4n) is 1.88. The fraction of sp³-hybridized carbons (Fsp3) is 0.235. The number of rotatable bonds is 2. The van der Waals surface area contributed by atoms with Crippen LogP contribution >= 0.6 is 23.8 Å². The molecule has 0 heterocycles. The van der Waals surface area contributed by atoms with Crippen molar-refractivity contribution in [1.29, 1.82) is 0 Å². The monoisotopic (exact) mass is 318 g/mol. The summed E-state index contributed by atoms with van der Waals surface area (Å²) in [5.41, 5.74) is 3.32. The molecule has 0 radical (unpaired) electrons. The lowest BCUT2D eigenvalue weighted by Gasteiger charge is -2.19. The van der Waals surface area contributed by atoms with Gasteiger partial charge in [-0.1, -0.05) is 44.5 Å². The van der Waals surface area contributed by atoms with Gasteiger partial charge in [-0.15, -0.1) is 0 Å². The van der Waals surface area contributed by atoms with Crippen molar-refractivity contribution >= 4 is 40.3 Å². The zero-order chi connectivity index (χ0) is 15.5. The minimum atomic E-state index is 0.153. The van der Waals surface area contributed by atoms with E-state index in [0.717, 1.165) is 11.4 Å². The Morgan fingerprint density at radius 2 is 1.29 bits per heavy atom. The average Bonchev–Trinajstić information content (AvgIpc) is 2.41. The molecule has 0 fully saturated rings. The summed E-state index contributed by atoms with van der Waals surface area (Å²) < 4.78 is 0. The van der Waals surface area contributed by atoms with Gasteiger partial charge >= 0.3 is 0 Å². The smallest absolute Gasteiger partial charge is 0.175 e. The number of thiocarbonyl (C=S) groups is 1. The molecular formula is C17H19ClN2S. The van der Waals surface area contributed by atoms with Crippen molar-refractivity contribution in [3.63, 3.8) is 0 Å². The van der Waals surface area contributed by atoms with Crippen molar-refractivity contribution in [2.45, 2.75) is 26.2 Å². The van der Waals surface area contributed by atoms with Crippen molar-refractivity contribution in [2.24, 2.45) is 0 Å². The Morgan fingerprint density at radius 3 is 1.71 bits per heavy atom. The SMILES string of the molecule is CC(C)(C)c1ccc(NC(=S)Nc2ccc(Cl)cc2)cc1. The Hall–Kier alpha value is -1.58. The van der Waals surface area contributed by atoms with E-state index in [4.69, 9.17) is 23.8 Å². The summed E-state index contributed by atoms with van der Waals surface area (Å²) in [5.74, 6) is 0. The van der Waals surface area contributed by atoms with Crippen LogP contribution in [-0.4, -0.2) is 5.11 Å². The third kappa shape index (κ3) is 4.73. The van der Waals surface area contributed by atoms with Crippen LogP contribution in [0, 0.1) is 0 Å². The van der Waals surface area contributed by atoms with Crippen molar-refractivity contribution in [2.75, 3.05) is 10.6 Å². The highest BCUT2D eigenvalue weighted by Crippen LogP contribution is 2.23. The van der Waals surface area contributed by atoms with Gasteiger partial charge < -0.3 is 10.6 Å². The van der Waals surface area contributed by atoms with E-state index >= 15 is 0 Å². The molecule has 0 aliphatic rings. The maximum absolute atomic E-state index is 5.85. The highest BCUT2D eigenvalue weighted by atomic mass is 35.5. The number of benzene rings is 2. The molecule has 0 aromatic heterocycles. The van der Waals surface area contributed by atoms with Crippen LogP contribution in [0.4, 0.5) is 11.4 Å². The highest BCUT2D eigenvalue weighted by molar-refractivity contribution is 7.80. The van der Waals surface area contributed by atoms with Gasteiger partial charge in [0.05, 0.1) is 0 Å². The molecule has 2 aromatic carbocycles. The summed E-state index contributed by atoms with van der Waals surface area (Å²) >= 11 is 11.2. The van der Waals surface area contributed by atoms with E-state index in [1.807, 2.05) is 36.4 Å². The molecule has 0 aliphatic carbocycles. The zero-order valence-corrected chi connectivity index (χ0v) is 14.0. The van der Waals surface area contributed by atoms with Gasteiger partial charge in [-0.2, -0.15) is 0 Å². The molecule has 2 N–H and O–H groups in total. The van der Waals surface area contributed by atoms with Gasteiger partial charge in [0.25, 0.3) is 0 Å². The predicted octanol–water partition coefficient (Wildman–Crippen LogP) is 5.45. The third-order valence-electron chi connectivity index (χ3n) is 3.11. The Balaban J connectivity index is 1.98. The molecule has 4 heteroatoms. The van der Waals surface area contributed by atoms with E-state index in [0.29, 0.717) is 10.1 Å². The van der Waals surface area contributed by atoms with E-state index < -0.39 is 0 Å². The minimum Gasteiger partial charge on any atom is -0.332 e. The molecule has 0 atom stereocenters. The van der Waals surface area contributed by atoms with Gasteiger partial charge in [0.2, 0.25) is 0 Å². The van der Waals surface area contributed by atoms with Crippen LogP contribution in [0.15, 0.2) is 48.5 Å². The second kappa shape index (κ2) is 6.46. The Labute approximate surface area is 136 Å². The van der Waals surface area contributed by atoms with Crippen LogP contribution < -0.4 is 10.6 Å². The molecule has 110 valence electrons. The lowest BCUT2D eigenvalue weighted by Crippen LogP contribution is -2.19. The molecule has 2 rings (SSSR count). The number of hydrogen-bond acceptors (Lipinski definition) is 1. The first-order valence-electron chi connectivity index (χ1n) is 6.79. The number of anilines is 2. The quantitative estimate of drug-likeness (QED) is 0.720. The van der Waals surface area contributed by atoms with Gasteiger partial charge in [0, 0.05) is 16.4 Å². The molecule has 0 saturated carbocycles. The van der Waals surface area contributed by atoms with Gasteiger partial charge in [-0.25, -0.2) is 0 Å². The summed E-state index contributed by atoms with van der Waals surface area (Å²) in [7, 11) is 0. The maximum atomic E-state index is 5.85. The predicted molar refractivity (Wildman–Crippen MR) is 96.4 cm³/mol. The van der Waals surface area contributed by atoms with Gasteiger partial charge in [0.15, 0.2) is 5.11 Å². The van der Waals surface area contributed by atoms with E-state index in [1.54, 1.807) is 0 Å². The zero-order valence-electron chi connectivity index (χ0n) is 12.4. The second-order valence-corrected chi connectivity index (χ2v) is 6.76. The van der Waals surface area contributed by atoms with E-state index in [9.17, 15) is 0 Å². The van der Waals surface area contributed by atoms with Crippen LogP contribution in [0.5, 0.6) is 0 Å². The lowest BCUT2D eigenvalue weighted by molar-refractivity contribution is 0.590. The van der Waals surface area contributed by atoms with Gasteiger partial charge in [-0.3, -0.25) is 0 Å². The normalized spacial score (nSPS) is 11.0. The summed E-state index contributed by atoms with van der Waals surface area (Å²) in [6.07, 6.45) is 0. The van der Waals surface area contributed by atoms with E-state index in [-0.39, 0.29) is 5.41 Å². The number of nitrogens with one attached hydrogen (secondary N) is 2. The lowest BCUT2D eigenvalue weighted by atomic mass is 9.87. The molecule has 2 nitrogen and oxygen atoms in total. The van der Waals surface area contributed by atoms with Crippen LogP contribution in [0.3, 0.4) is 0 Å². The van der Waals surface area contributed by atoms with Gasteiger partial charge in [-0.05, 0) is 59.6 Å². The second-order valence-electron chi connectivity index (χ2n) is 5.91. The summed E-state index contributed by atoms with van der Waals surface area (Å²) in [6, 6.07) is 15.7. The molecule has 0 unspecified atom stereocenters. The van der Waals surface area contributed by atoms with Crippen LogP contribution in [-0.2, 0) is 5.41 Å². The van der Waals surface area contributed by atoms with E-state index in [2.05, 4.69) is 43.5 Å². The third-order valence-corrected chi connectivity index (χ3v) is 3.57. The number of halogens is 1. The molecular weight excluding hydrogens is 300 g/mol. The molecule has 0 aliphatic heterocycles. The maximum Gasteiger partial charge on any atom is 0.175 e. The average molecular weight is 319 g/mol. The first-order valence-corrected chi connectivity index (χ1v) is 7.57. The Morgan fingerprint density at radius 1 is 0.857 bits per heavy atom. The molecule has 21 heavy (non-hydrogen) atoms. The molecule has 0 spiro atoms. The molecule has 2 aromatic rings. The van der Waals surface area contributed by atoms with E-state index in [1.165, 1.54) is 5.56 Å².